The number of anilines is 1. The molecule has 1 aromatic heterocycles. The summed E-state index contributed by atoms with van der Waals surface area (Å²) in [6.45, 7) is 8.54. The Morgan fingerprint density at radius 2 is 1.58 bits per heavy atom. The molecule has 2 aliphatic rings. The van der Waals surface area contributed by atoms with Gasteiger partial charge in [0.1, 0.15) is 11.6 Å². The van der Waals surface area contributed by atoms with Crippen LogP contribution in [0.4, 0.5) is 5.82 Å². The molecule has 0 unspecified atom stereocenters. The smallest absolute Gasteiger partial charge is 0.243 e. The number of carbonyl (C=O) groups is 1. The molecule has 3 heterocycles. The van der Waals surface area contributed by atoms with Gasteiger partial charge in [0.15, 0.2) is 5.78 Å². The van der Waals surface area contributed by atoms with Gasteiger partial charge >= 0.3 is 0 Å². The van der Waals surface area contributed by atoms with Gasteiger partial charge in [0.25, 0.3) is 0 Å². The molecule has 31 heavy (non-hydrogen) atoms. The molecule has 0 atom stereocenters. The lowest BCUT2D eigenvalue weighted by Gasteiger charge is -2.31. The maximum Gasteiger partial charge on any atom is 0.243 e. The molecule has 0 saturated carbocycles. The molecular formula is C23H30N4O3S. The minimum absolute atomic E-state index is 0.0774. The fraction of sp³-hybridized carbons (Fsp3) is 0.522. The average molecular weight is 443 g/mol. The summed E-state index contributed by atoms with van der Waals surface area (Å²) in [5.74, 6) is 1.96. The Hall–Kier alpha value is -2.32. The molecule has 8 heteroatoms. The van der Waals surface area contributed by atoms with Crippen molar-refractivity contribution >= 4 is 21.6 Å². The normalized spacial score (nSPS) is 18.5. The topological polar surface area (TPSA) is 83.5 Å². The number of carbonyl (C=O) groups excluding carboxylic acids is 1. The van der Waals surface area contributed by atoms with E-state index in [1.54, 1.807) is 12.1 Å². The van der Waals surface area contributed by atoms with Gasteiger partial charge in [-0.25, -0.2) is 18.4 Å². The molecule has 0 bridgehead atoms. The van der Waals surface area contributed by atoms with Gasteiger partial charge in [0, 0.05) is 48.9 Å². The Labute approximate surface area is 184 Å². The van der Waals surface area contributed by atoms with Gasteiger partial charge in [0.2, 0.25) is 10.0 Å². The first-order valence-electron chi connectivity index (χ1n) is 11.0. The third-order valence-corrected chi connectivity index (χ3v) is 8.42. The van der Waals surface area contributed by atoms with Crippen molar-refractivity contribution in [2.45, 2.75) is 57.3 Å². The van der Waals surface area contributed by atoms with Crippen molar-refractivity contribution in [2.24, 2.45) is 0 Å². The molecule has 0 N–H and O–H groups in total. The molecule has 166 valence electrons. The van der Waals surface area contributed by atoms with Crippen LogP contribution in [0.2, 0.25) is 0 Å². The highest BCUT2D eigenvalue weighted by atomic mass is 32.2. The Morgan fingerprint density at radius 3 is 2.16 bits per heavy atom. The number of hydrogen-bond donors (Lipinski definition) is 0. The minimum Gasteiger partial charge on any atom is -0.356 e. The van der Waals surface area contributed by atoms with Gasteiger partial charge in [-0.05, 0) is 58.6 Å². The fourth-order valence-corrected chi connectivity index (χ4v) is 5.89. The first-order valence-corrected chi connectivity index (χ1v) is 12.4. The standard InChI is InChI=1S/C23H30N4O3S/c1-16-17(2)24-22(25-23(16)26-12-4-5-13-26)20-10-14-27(15-11-20)31(29,30)21-8-6-19(7-9-21)18(3)28/h6-9,20H,4-5,10-15H2,1-3H3. The first-order chi connectivity index (χ1) is 14.8. The number of rotatable bonds is 5. The number of piperidine rings is 1. The summed E-state index contributed by atoms with van der Waals surface area (Å²) in [5.41, 5.74) is 2.66. The van der Waals surface area contributed by atoms with Crippen LogP contribution in [0.15, 0.2) is 29.2 Å². The SMILES string of the molecule is CC(=O)c1ccc(S(=O)(=O)N2CCC(c3nc(C)c(C)c(N4CCCC4)n3)CC2)cc1. The van der Waals surface area contributed by atoms with Gasteiger partial charge in [0.05, 0.1) is 4.90 Å². The second-order valence-electron chi connectivity index (χ2n) is 8.57. The average Bonchev–Trinajstić information content (AvgIpc) is 3.30. The van der Waals surface area contributed by atoms with E-state index in [4.69, 9.17) is 9.97 Å². The highest BCUT2D eigenvalue weighted by Gasteiger charge is 2.32. The molecule has 2 aromatic rings. The summed E-state index contributed by atoms with van der Waals surface area (Å²) in [6, 6.07) is 6.19. The lowest BCUT2D eigenvalue weighted by Crippen LogP contribution is -2.38. The minimum atomic E-state index is -3.57. The molecule has 0 spiro atoms. The van der Waals surface area contributed by atoms with Crippen LogP contribution >= 0.6 is 0 Å². The molecule has 1 aromatic carbocycles. The van der Waals surface area contributed by atoms with E-state index in [-0.39, 0.29) is 16.6 Å². The molecule has 4 rings (SSSR count). The highest BCUT2D eigenvalue weighted by Crippen LogP contribution is 2.32. The predicted octanol–water partition coefficient (Wildman–Crippen LogP) is 3.46. The van der Waals surface area contributed by atoms with Crippen LogP contribution in [0.3, 0.4) is 0 Å². The molecule has 0 radical (unpaired) electrons. The number of hydrogen-bond acceptors (Lipinski definition) is 6. The summed E-state index contributed by atoms with van der Waals surface area (Å²) in [7, 11) is -3.57. The second-order valence-corrected chi connectivity index (χ2v) is 10.5. The zero-order valence-corrected chi connectivity index (χ0v) is 19.3. The molecule has 0 amide bonds. The van der Waals surface area contributed by atoms with Crippen LogP contribution in [-0.4, -0.2) is 54.7 Å². The maximum absolute atomic E-state index is 13.0. The summed E-state index contributed by atoms with van der Waals surface area (Å²) in [6.07, 6.45) is 3.79. The summed E-state index contributed by atoms with van der Waals surface area (Å²) >= 11 is 0. The van der Waals surface area contributed by atoms with Crippen LogP contribution in [-0.2, 0) is 10.0 Å². The molecule has 0 aliphatic carbocycles. The zero-order chi connectivity index (χ0) is 22.2. The van der Waals surface area contributed by atoms with Gasteiger partial charge in [-0.2, -0.15) is 4.31 Å². The van der Waals surface area contributed by atoms with Crippen LogP contribution < -0.4 is 4.90 Å². The van der Waals surface area contributed by atoms with Crippen LogP contribution in [0.1, 0.15) is 66.0 Å². The Morgan fingerprint density at radius 1 is 0.968 bits per heavy atom. The molecule has 2 aliphatic heterocycles. The second kappa shape index (κ2) is 8.67. The van der Waals surface area contributed by atoms with Crippen LogP contribution in [0.5, 0.6) is 0 Å². The summed E-state index contributed by atoms with van der Waals surface area (Å²) in [5, 5.41) is 0. The third kappa shape index (κ3) is 4.36. The lowest BCUT2D eigenvalue weighted by molar-refractivity contribution is 0.101. The summed E-state index contributed by atoms with van der Waals surface area (Å²) in [4.78, 5) is 23.7. The summed E-state index contributed by atoms with van der Waals surface area (Å²) < 4.78 is 27.6. The van der Waals surface area contributed by atoms with Crippen molar-refractivity contribution < 1.29 is 13.2 Å². The van der Waals surface area contributed by atoms with E-state index in [0.717, 1.165) is 36.0 Å². The van der Waals surface area contributed by atoms with Crippen LogP contribution in [0.25, 0.3) is 0 Å². The molecule has 2 fully saturated rings. The van der Waals surface area contributed by atoms with Gasteiger partial charge in [-0.1, -0.05) is 12.1 Å². The number of sulfonamides is 1. The van der Waals surface area contributed by atoms with Crippen molar-refractivity contribution in [1.82, 2.24) is 14.3 Å². The number of nitrogens with zero attached hydrogens (tertiary/aromatic N) is 4. The monoisotopic (exact) mass is 442 g/mol. The van der Waals surface area contributed by atoms with Crippen LogP contribution in [0, 0.1) is 13.8 Å². The highest BCUT2D eigenvalue weighted by molar-refractivity contribution is 7.89. The van der Waals surface area contributed by atoms with E-state index in [9.17, 15) is 13.2 Å². The Kier molecular flexibility index (Phi) is 6.12. The molecule has 7 nitrogen and oxygen atoms in total. The quantitative estimate of drug-likeness (QED) is 0.660. The number of aryl methyl sites for hydroxylation is 1. The van der Waals surface area contributed by atoms with Crippen molar-refractivity contribution in [1.29, 1.82) is 0 Å². The fourth-order valence-electron chi connectivity index (χ4n) is 4.42. The number of ketones is 1. The van der Waals surface area contributed by atoms with E-state index in [1.807, 2.05) is 6.92 Å². The first kappa shape index (κ1) is 21.9. The van der Waals surface area contributed by atoms with E-state index in [0.29, 0.717) is 31.5 Å². The molecule has 2 saturated heterocycles. The maximum atomic E-state index is 13.0. The number of benzene rings is 1. The molecular weight excluding hydrogens is 412 g/mol. The van der Waals surface area contributed by atoms with Gasteiger partial charge < -0.3 is 4.90 Å². The third-order valence-electron chi connectivity index (χ3n) is 6.50. The van der Waals surface area contributed by atoms with Gasteiger partial charge in [-0.3, -0.25) is 4.79 Å². The van der Waals surface area contributed by atoms with Crippen molar-refractivity contribution in [3.63, 3.8) is 0 Å². The lowest BCUT2D eigenvalue weighted by atomic mass is 9.97. The van der Waals surface area contributed by atoms with Crippen molar-refractivity contribution in [3.05, 3.63) is 46.9 Å². The predicted molar refractivity (Wildman–Crippen MR) is 120 cm³/mol. The van der Waals surface area contributed by atoms with Gasteiger partial charge in [-0.15, -0.1) is 0 Å². The van der Waals surface area contributed by atoms with E-state index in [2.05, 4.69) is 11.8 Å². The van der Waals surface area contributed by atoms with E-state index in [1.165, 1.54) is 36.2 Å². The van der Waals surface area contributed by atoms with E-state index >= 15 is 0 Å². The zero-order valence-electron chi connectivity index (χ0n) is 18.5. The van der Waals surface area contributed by atoms with E-state index < -0.39 is 10.0 Å². The Balaban J connectivity index is 1.49. The largest absolute Gasteiger partial charge is 0.356 e. The Bertz CT molecular complexity index is 1070. The number of Topliss-reactive ketones (excluding diaryl/α,β-unsaturated/α-hetero) is 1. The van der Waals surface area contributed by atoms with Crippen molar-refractivity contribution in [2.75, 3.05) is 31.1 Å². The van der Waals surface area contributed by atoms with Crippen molar-refractivity contribution in [3.8, 4) is 0 Å². The number of aromatic nitrogens is 2.